The molecule has 1 saturated heterocycles. The molecule has 0 bridgehead atoms. The Hall–Kier alpha value is -4.00. The lowest BCUT2D eigenvalue weighted by atomic mass is 10.0. The third-order valence-electron chi connectivity index (χ3n) is 7.21. The molecule has 1 aliphatic heterocycles. The van der Waals surface area contributed by atoms with Crippen molar-refractivity contribution in [2.75, 3.05) is 26.7 Å². The number of carbonyl (C=O) groups excluding carboxylic acids is 3. The summed E-state index contributed by atoms with van der Waals surface area (Å²) in [5.74, 6) is -3.26. The second-order valence-corrected chi connectivity index (χ2v) is 11.3. The minimum Gasteiger partial charge on any atom is -0.396 e. The molecule has 2 heterocycles. The summed E-state index contributed by atoms with van der Waals surface area (Å²) < 4.78 is 28.2. The Labute approximate surface area is 267 Å². The zero-order valence-electron chi connectivity index (χ0n) is 26.3. The Morgan fingerprint density at radius 2 is 1.82 bits per heavy atom. The molecule has 2 amide bonds. The summed E-state index contributed by atoms with van der Waals surface area (Å²) in [7, 11) is 1.70. The Bertz CT molecular complexity index is 1450. The fourth-order valence-electron chi connectivity index (χ4n) is 5.16. The van der Waals surface area contributed by atoms with Crippen LogP contribution in [-0.2, 0) is 15.5 Å². The van der Waals surface area contributed by atoms with Gasteiger partial charge in [-0.1, -0.05) is 50.2 Å². The molecule has 0 saturated carbocycles. The lowest BCUT2D eigenvalue weighted by Gasteiger charge is -2.25. The first-order valence-corrected chi connectivity index (χ1v) is 15.6. The van der Waals surface area contributed by atoms with Crippen LogP contribution >= 0.6 is 11.3 Å². The van der Waals surface area contributed by atoms with Gasteiger partial charge in [0.05, 0.1) is 18.9 Å². The van der Waals surface area contributed by atoms with Crippen molar-refractivity contribution in [2.45, 2.75) is 52.1 Å². The van der Waals surface area contributed by atoms with Gasteiger partial charge in [-0.25, -0.2) is 0 Å². The summed E-state index contributed by atoms with van der Waals surface area (Å²) in [4.78, 5) is 38.2. The van der Waals surface area contributed by atoms with Gasteiger partial charge in [0.25, 0.3) is 5.92 Å². The number of fused-ring (bicyclic) bond motifs is 3. The second kappa shape index (κ2) is 17.5. The van der Waals surface area contributed by atoms with Gasteiger partial charge in [-0.05, 0) is 61.5 Å². The fraction of sp³-hybridized carbons (Fsp3) is 0.394. The normalized spacial score (nSPS) is 17.5. The van der Waals surface area contributed by atoms with E-state index >= 15 is 0 Å². The van der Waals surface area contributed by atoms with Gasteiger partial charge in [-0.2, -0.15) is 8.78 Å². The number of aryl methyl sites for hydroxylation is 1. The molecule has 5 rings (SSSR count). The summed E-state index contributed by atoms with van der Waals surface area (Å²) in [5.41, 5.74) is 6.93. The number of alkyl halides is 2. The van der Waals surface area contributed by atoms with E-state index in [1.165, 1.54) is 29.8 Å². The molecule has 1 fully saturated rings. The average molecular weight is 644 g/mol. The number of carbonyl (C=O) groups is 3. The van der Waals surface area contributed by atoms with Crippen LogP contribution in [0.15, 0.2) is 53.9 Å². The second-order valence-electron chi connectivity index (χ2n) is 10.3. The van der Waals surface area contributed by atoms with Crippen LogP contribution in [0, 0.1) is 18.3 Å². The molecule has 2 aliphatic rings. The SMILES string of the molecule is CC.CNCC(=O)N1CC(CO)CC1C(=O)N[C@H](C)c1cc(C)cs1.N=CN.O=Cc1ccc2c(c1)-c1ccccc1C2(F)F. The number of thiophene rings is 1. The van der Waals surface area contributed by atoms with E-state index in [0.717, 1.165) is 11.2 Å². The number of nitrogens with zero attached hydrogens (tertiary/aromatic N) is 1. The highest BCUT2D eigenvalue weighted by Gasteiger charge is 2.44. The van der Waals surface area contributed by atoms with Crippen LogP contribution in [0.1, 0.15) is 65.2 Å². The Balaban J connectivity index is 0.000000282. The molecule has 45 heavy (non-hydrogen) atoms. The van der Waals surface area contributed by atoms with Gasteiger partial charge in [0.2, 0.25) is 11.8 Å². The summed E-state index contributed by atoms with van der Waals surface area (Å²) >= 11 is 1.62. The molecule has 9 nitrogen and oxygen atoms in total. The highest BCUT2D eigenvalue weighted by atomic mass is 32.1. The van der Waals surface area contributed by atoms with Crippen LogP contribution in [0.25, 0.3) is 11.1 Å². The molecule has 1 aromatic heterocycles. The van der Waals surface area contributed by atoms with E-state index in [2.05, 4.69) is 27.8 Å². The lowest BCUT2D eigenvalue weighted by Crippen LogP contribution is -2.48. The van der Waals surface area contributed by atoms with Gasteiger partial charge in [0, 0.05) is 40.6 Å². The molecule has 2 aromatic carbocycles. The van der Waals surface area contributed by atoms with Gasteiger partial charge < -0.3 is 26.4 Å². The molecule has 3 atom stereocenters. The quantitative estimate of drug-likeness (QED) is 0.141. The van der Waals surface area contributed by atoms with E-state index in [9.17, 15) is 28.3 Å². The minimum absolute atomic E-state index is 0.00716. The van der Waals surface area contributed by atoms with E-state index in [1.54, 1.807) is 41.5 Å². The number of aliphatic hydroxyl groups is 1. The molecular formula is C33H43F2N5O4S. The van der Waals surface area contributed by atoms with Crippen molar-refractivity contribution in [3.63, 3.8) is 0 Å². The topological polar surface area (TPSA) is 149 Å². The first-order valence-electron chi connectivity index (χ1n) is 14.7. The molecule has 244 valence electrons. The molecular weight excluding hydrogens is 600 g/mol. The maximum Gasteiger partial charge on any atom is 0.299 e. The average Bonchev–Trinajstić information content (AvgIpc) is 3.74. The maximum absolute atomic E-state index is 14.1. The number of benzene rings is 2. The van der Waals surface area contributed by atoms with Crippen LogP contribution < -0.4 is 16.4 Å². The smallest absolute Gasteiger partial charge is 0.299 e. The Kier molecular flexibility index (Phi) is 14.4. The summed E-state index contributed by atoms with van der Waals surface area (Å²) in [6.45, 7) is 8.59. The van der Waals surface area contributed by atoms with Gasteiger partial charge in [-0.3, -0.25) is 19.8 Å². The predicted molar refractivity (Wildman–Crippen MR) is 175 cm³/mol. The Morgan fingerprint density at radius 1 is 1.18 bits per heavy atom. The number of likely N-dealkylation sites (N-methyl/N-ethyl adjacent to an activating group) is 1. The van der Waals surface area contributed by atoms with Crippen molar-refractivity contribution < 1.29 is 28.3 Å². The van der Waals surface area contributed by atoms with Gasteiger partial charge in [0.15, 0.2) is 0 Å². The van der Waals surface area contributed by atoms with Gasteiger partial charge in [0.1, 0.15) is 12.3 Å². The lowest BCUT2D eigenvalue weighted by molar-refractivity contribution is -0.138. The first kappa shape index (κ1) is 37.2. The molecule has 0 spiro atoms. The summed E-state index contributed by atoms with van der Waals surface area (Å²) in [5, 5.41) is 23.1. The van der Waals surface area contributed by atoms with E-state index in [0.29, 0.717) is 35.9 Å². The molecule has 3 aromatic rings. The molecule has 6 N–H and O–H groups in total. The summed E-state index contributed by atoms with van der Waals surface area (Å²) in [6, 6.07) is 12.1. The molecule has 12 heteroatoms. The van der Waals surface area contributed by atoms with E-state index in [4.69, 9.17) is 5.41 Å². The first-order chi connectivity index (χ1) is 21.5. The van der Waals surface area contributed by atoms with E-state index in [-0.39, 0.29) is 48.1 Å². The van der Waals surface area contributed by atoms with Gasteiger partial charge >= 0.3 is 0 Å². The number of halogens is 2. The zero-order chi connectivity index (χ0) is 33.7. The van der Waals surface area contributed by atoms with Crippen LogP contribution in [0.5, 0.6) is 0 Å². The predicted octanol–water partition coefficient (Wildman–Crippen LogP) is 4.86. The fourth-order valence-corrected chi connectivity index (χ4v) is 6.07. The number of hydrogen-bond acceptors (Lipinski definition) is 7. The van der Waals surface area contributed by atoms with Crippen molar-refractivity contribution in [3.8, 4) is 11.1 Å². The van der Waals surface area contributed by atoms with E-state index in [1.807, 2.05) is 27.7 Å². The van der Waals surface area contributed by atoms with Crippen molar-refractivity contribution in [2.24, 2.45) is 11.7 Å². The van der Waals surface area contributed by atoms with Crippen LogP contribution in [0.2, 0.25) is 0 Å². The largest absolute Gasteiger partial charge is 0.396 e. The van der Waals surface area contributed by atoms with Crippen molar-refractivity contribution in [1.29, 1.82) is 5.41 Å². The number of likely N-dealkylation sites (tertiary alicyclic amines) is 1. The monoisotopic (exact) mass is 643 g/mol. The summed E-state index contributed by atoms with van der Waals surface area (Å²) in [6.07, 6.45) is 1.92. The Morgan fingerprint density at radius 3 is 2.40 bits per heavy atom. The molecule has 0 radical (unpaired) electrons. The third-order valence-corrected chi connectivity index (χ3v) is 8.44. The van der Waals surface area contributed by atoms with Crippen LogP contribution in [0.4, 0.5) is 8.78 Å². The van der Waals surface area contributed by atoms with Crippen molar-refractivity contribution in [3.05, 3.63) is 81.0 Å². The standard InChI is InChI=1S/C16H25N3O3S.C14H8F2O.C2H6.CH4N2/c1-10-4-14(23-9-10)11(2)18-16(22)13-5-12(8-20)7-19(13)15(21)6-17-3;15-14(16)12-4-2-1-3-10(12)11-7-9(8-17)5-6-13(11)14;1-2;2-1-3/h4,9,11-13,17,20H,5-8H2,1-3H3,(H,18,22);1-8H;1-2H3;1H,(H3,2,3)/t11-,12?,13?;;;/m1.../s1. The van der Waals surface area contributed by atoms with Crippen molar-refractivity contribution in [1.82, 2.24) is 15.5 Å². The highest BCUT2D eigenvalue weighted by Crippen LogP contribution is 2.50. The van der Waals surface area contributed by atoms with Gasteiger partial charge in [-0.15, -0.1) is 11.3 Å². The number of nitrogens with two attached hydrogens (primary N) is 1. The van der Waals surface area contributed by atoms with E-state index < -0.39 is 12.0 Å². The maximum atomic E-state index is 14.1. The number of aliphatic hydroxyl groups excluding tert-OH is 1. The van der Waals surface area contributed by atoms with Crippen molar-refractivity contribution >= 4 is 35.8 Å². The van der Waals surface area contributed by atoms with Crippen LogP contribution in [0.3, 0.4) is 0 Å². The number of aldehydes is 1. The molecule has 1 aliphatic carbocycles. The molecule has 2 unspecified atom stereocenters. The number of nitrogens with one attached hydrogen (secondary N) is 3. The highest BCUT2D eigenvalue weighted by molar-refractivity contribution is 7.10. The number of hydrogen-bond donors (Lipinski definition) is 5. The minimum atomic E-state index is -2.96. The number of amides is 2. The zero-order valence-corrected chi connectivity index (χ0v) is 27.1. The van der Waals surface area contributed by atoms with Crippen LogP contribution in [-0.4, -0.2) is 67.2 Å². The number of rotatable bonds is 7. The third kappa shape index (κ3) is 9.03.